The summed E-state index contributed by atoms with van der Waals surface area (Å²) in [5, 5.41) is 2.97. The van der Waals surface area contributed by atoms with Gasteiger partial charge in [0, 0.05) is 6.04 Å². The van der Waals surface area contributed by atoms with Crippen LogP contribution >= 0.6 is 0 Å². The lowest BCUT2D eigenvalue weighted by Gasteiger charge is -2.08. The summed E-state index contributed by atoms with van der Waals surface area (Å²) >= 11 is 0. The highest BCUT2D eigenvalue weighted by Gasteiger charge is 2.33. The molecule has 0 amide bonds. The van der Waals surface area contributed by atoms with Gasteiger partial charge in [0.05, 0.1) is 10.7 Å². The van der Waals surface area contributed by atoms with Crippen molar-refractivity contribution in [2.75, 3.05) is 12.8 Å². The maximum absolute atomic E-state index is 11.7. The van der Waals surface area contributed by atoms with Crippen LogP contribution < -0.4 is 5.32 Å². The van der Waals surface area contributed by atoms with E-state index in [4.69, 9.17) is 0 Å². The van der Waals surface area contributed by atoms with Crippen LogP contribution in [0.25, 0.3) is 0 Å². The fourth-order valence-corrected chi connectivity index (χ4v) is 3.39. The summed E-state index contributed by atoms with van der Waals surface area (Å²) < 4.78 is 23.4. The average molecular weight is 255 g/mol. The summed E-state index contributed by atoms with van der Waals surface area (Å²) in [5.74, 6) is 0.0989. The lowest BCUT2D eigenvalue weighted by molar-refractivity contribution is 0.598. The second-order valence-corrected chi connectivity index (χ2v) is 5.24. The number of likely N-dealkylation sites (N-methyl/N-ethyl adjacent to an activating group) is 1. The van der Waals surface area contributed by atoms with Gasteiger partial charge in [0.1, 0.15) is 0 Å². The van der Waals surface area contributed by atoms with Gasteiger partial charge in [-0.2, -0.15) is 0 Å². The van der Waals surface area contributed by atoms with Gasteiger partial charge in [0.25, 0.3) is 0 Å². The van der Waals surface area contributed by atoms with Crippen molar-refractivity contribution >= 4 is 9.84 Å². The average Bonchev–Trinajstić information content (AvgIpc) is 2.59. The monoisotopic (exact) mass is 255 g/mol. The van der Waals surface area contributed by atoms with Crippen LogP contribution in [-0.2, 0) is 9.84 Å². The fraction of sp³-hybridized carbons (Fsp3) is 0.385. The normalized spacial score (nSPS) is 22.2. The van der Waals surface area contributed by atoms with Crippen LogP contribution in [0.2, 0.25) is 0 Å². The number of rotatable bonds is 4. The highest BCUT2D eigenvalue weighted by molar-refractivity contribution is 7.95. The third-order valence-corrected chi connectivity index (χ3v) is 4.17. The molecule has 0 aliphatic carbocycles. The Morgan fingerprint density at radius 1 is 1.35 bits per heavy atom. The van der Waals surface area contributed by atoms with Crippen molar-refractivity contribution in [2.45, 2.75) is 19.9 Å². The molecule has 4 heteroatoms. The molecule has 0 aromatic rings. The van der Waals surface area contributed by atoms with Crippen molar-refractivity contribution < 1.29 is 8.42 Å². The molecule has 0 fully saturated rings. The zero-order valence-electron chi connectivity index (χ0n) is 10.7. The van der Waals surface area contributed by atoms with E-state index in [1.807, 2.05) is 13.8 Å². The minimum absolute atomic E-state index is 0.0989. The highest BCUT2D eigenvalue weighted by atomic mass is 32.2. The second-order valence-electron chi connectivity index (χ2n) is 3.24. The van der Waals surface area contributed by atoms with Crippen molar-refractivity contribution in [3.63, 3.8) is 0 Å². The number of allylic oxidation sites excluding steroid dienone is 3. The Labute approximate surface area is 105 Å². The summed E-state index contributed by atoms with van der Waals surface area (Å²) in [6, 6.07) is -0.154. The quantitative estimate of drug-likeness (QED) is 0.783. The molecule has 1 aliphatic rings. The van der Waals surface area contributed by atoms with Crippen molar-refractivity contribution in [2.24, 2.45) is 0 Å². The van der Waals surface area contributed by atoms with Gasteiger partial charge < -0.3 is 5.32 Å². The summed E-state index contributed by atoms with van der Waals surface area (Å²) in [4.78, 5) is 0.319. The van der Waals surface area contributed by atoms with Crippen molar-refractivity contribution in [1.29, 1.82) is 0 Å². The molecule has 96 valence electrons. The molecule has 1 N–H and O–H groups in total. The smallest absolute Gasteiger partial charge is 0.180 e. The lowest BCUT2D eigenvalue weighted by Crippen LogP contribution is -2.28. The molecule has 1 atom stereocenters. The first-order valence-electron chi connectivity index (χ1n) is 5.62. The van der Waals surface area contributed by atoms with Gasteiger partial charge in [-0.1, -0.05) is 51.3 Å². The molecule has 1 aliphatic heterocycles. The minimum atomic E-state index is -3.16. The van der Waals surface area contributed by atoms with Gasteiger partial charge in [-0.25, -0.2) is 8.42 Å². The number of hydrogen-bond donors (Lipinski definition) is 1. The van der Waals surface area contributed by atoms with Crippen LogP contribution in [0.4, 0.5) is 0 Å². The Morgan fingerprint density at radius 2 is 1.94 bits per heavy atom. The SMILES string of the molecule is C=C/C=C\C1=C(C=C)S(=O)(=O)CC1NC.CC. The Morgan fingerprint density at radius 3 is 2.35 bits per heavy atom. The Hall–Kier alpha value is -1.13. The topological polar surface area (TPSA) is 46.2 Å². The molecular weight excluding hydrogens is 234 g/mol. The van der Waals surface area contributed by atoms with Crippen LogP contribution in [0, 0.1) is 0 Å². The van der Waals surface area contributed by atoms with Crippen molar-refractivity contribution in [3.05, 3.63) is 47.9 Å². The van der Waals surface area contributed by atoms with E-state index < -0.39 is 9.84 Å². The van der Waals surface area contributed by atoms with E-state index in [-0.39, 0.29) is 11.8 Å². The Kier molecular flexibility index (Phi) is 6.76. The maximum Gasteiger partial charge on any atom is 0.180 e. The molecule has 1 rings (SSSR count). The van der Waals surface area contributed by atoms with E-state index in [2.05, 4.69) is 18.5 Å². The van der Waals surface area contributed by atoms with Gasteiger partial charge >= 0.3 is 0 Å². The van der Waals surface area contributed by atoms with Crippen molar-refractivity contribution in [3.8, 4) is 0 Å². The van der Waals surface area contributed by atoms with Crippen LogP contribution in [0.15, 0.2) is 47.9 Å². The fourth-order valence-electron chi connectivity index (χ4n) is 1.60. The first kappa shape index (κ1) is 15.9. The predicted molar refractivity (Wildman–Crippen MR) is 74.5 cm³/mol. The van der Waals surface area contributed by atoms with Crippen LogP contribution in [0.5, 0.6) is 0 Å². The molecule has 0 spiro atoms. The molecule has 17 heavy (non-hydrogen) atoms. The molecule has 1 heterocycles. The number of nitrogens with one attached hydrogen (secondary N) is 1. The number of sulfone groups is 1. The zero-order valence-corrected chi connectivity index (χ0v) is 11.5. The molecule has 0 radical (unpaired) electrons. The van der Waals surface area contributed by atoms with E-state index >= 15 is 0 Å². The van der Waals surface area contributed by atoms with E-state index in [1.165, 1.54) is 6.08 Å². The molecule has 0 saturated heterocycles. The van der Waals surface area contributed by atoms with E-state index in [9.17, 15) is 8.42 Å². The molecule has 0 aromatic heterocycles. The second kappa shape index (κ2) is 7.25. The molecule has 0 saturated carbocycles. The summed E-state index contributed by atoms with van der Waals surface area (Å²) in [7, 11) is -1.42. The standard InChI is InChI=1S/C11H15NO2S.C2H6/c1-4-6-7-9-10(12-3)8-15(13,14)11(9)5-2;1-2/h4-7,10,12H,1-2,8H2,3H3;1-2H3/b7-6-;. The first-order valence-corrected chi connectivity index (χ1v) is 7.27. The van der Waals surface area contributed by atoms with Crippen LogP contribution in [-0.4, -0.2) is 27.3 Å². The maximum atomic E-state index is 11.7. The van der Waals surface area contributed by atoms with Gasteiger partial charge in [-0.15, -0.1) is 0 Å². The molecule has 1 unspecified atom stereocenters. The molecule has 0 bridgehead atoms. The van der Waals surface area contributed by atoms with Crippen molar-refractivity contribution in [1.82, 2.24) is 5.32 Å². The van der Waals surface area contributed by atoms with Gasteiger partial charge in [0.2, 0.25) is 0 Å². The van der Waals surface area contributed by atoms with E-state index in [1.54, 1.807) is 25.3 Å². The molecular formula is C13H21NO2S. The third kappa shape index (κ3) is 3.68. The third-order valence-electron chi connectivity index (χ3n) is 2.33. The minimum Gasteiger partial charge on any atom is -0.312 e. The largest absolute Gasteiger partial charge is 0.312 e. The Balaban J connectivity index is 0.00000121. The van der Waals surface area contributed by atoms with Gasteiger partial charge in [-0.3, -0.25) is 0 Å². The van der Waals surface area contributed by atoms with Gasteiger partial charge in [-0.05, 0) is 12.6 Å². The number of hydrogen-bond acceptors (Lipinski definition) is 3. The van der Waals surface area contributed by atoms with Gasteiger partial charge in [0.15, 0.2) is 9.84 Å². The molecule has 3 nitrogen and oxygen atoms in total. The lowest BCUT2D eigenvalue weighted by atomic mass is 10.1. The Bertz CT molecular complexity index is 430. The van der Waals surface area contributed by atoms with Crippen LogP contribution in [0.1, 0.15) is 13.8 Å². The first-order chi connectivity index (χ1) is 8.06. The summed E-state index contributed by atoms with van der Waals surface area (Å²) in [5.41, 5.74) is 0.757. The predicted octanol–water partition coefficient (Wildman–Crippen LogP) is 2.21. The molecule has 0 aromatic carbocycles. The summed E-state index contributed by atoms with van der Waals surface area (Å²) in [6.45, 7) is 11.1. The van der Waals surface area contributed by atoms with E-state index in [0.29, 0.717) is 4.91 Å². The van der Waals surface area contributed by atoms with Crippen LogP contribution in [0.3, 0.4) is 0 Å². The highest BCUT2D eigenvalue weighted by Crippen LogP contribution is 2.27. The zero-order chi connectivity index (χ0) is 13.5. The summed E-state index contributed by atoms with van der Waals surface area (Å²) in [6.07, 6.45) is 6.50. The van der Waals surface area contributed by atoms with E-state index in [0.717, 1.165) is 5.57 Å².